The lowest BCUT2D eigenvalue weighted by Crippen LogP contribution is -2.12. The fourth-order valence-corrected chi connectivity index (χ4v) is 0.977. The van der Waals surface area contributed by atoms with Gasteiger partial charge in [-0.3, -0.25) is 4.79 Å². The van der Waals surface area contributed by atoms with Crippen molar-refractivity contribution in [2.24, 2.45) is 0 Å². The van der Waals surface area contributed by atoms with E-state index in [1.807, 2.05) is 0 Å². The van der Waals surface area contributed by atoms with E-state index < -0.39 is 0 Å². The third-order valence-electron chi connectivity index (χ3n) is 1.65. The maximum atomic E-state index is 10.6. The minimum atomic E-state index is -0.256. The van der Waals surface area contributed by atoms with Crippen LogP contribution in [0.5, 0.6) is 0 Å². The molecular weight excluding hydrogens is 144 g/mol. The summed E-state index contributed by atoms with van der Waals surface area (Å²) in [6.07, 6.45) is 3.13. The third kappa shape index (κ3) is 2.89. The predicted octanol–water partition coefficient (Wildman–Crippen LogP) is 1.47. The third-order valence-corrected chi connectivity index (χ3v) is 1.65. The molecule has 11 heavy (non-hydrogen) atoms. The van der Waals surface area contributed by atoms with Crippen LogP contribution in [0.1, 0.15) is 32.6 Å². The Bertz CT molecular complexity index is 133. The minimum Gasteiger partial charge on any atom is -0.436 e. The summed E-state index contributed by atoms with van der Waals surface area (Å²) >= 11 is 0. The first-order valence-corrected chi connectivity index (χ1v) is 4.14. The molecule has 3 nitrogen and oxygen atoms in total. The molecule has 0 amide bonds. The van der Waals surface area contributed by atoms with Crippen LogP contribution in [0, 0.1) is 0 Å². The summed E-state index contributed by atoms with van der Waals surface area (Å²) in [6, 6.07) is 0. The number of unbranched alkanes of at least 4 members (excludes halogenated alkanes) is 1. The molecule has 64 valence electrons. The van der Waals surface area contributed by atoms with Crippen LogP contribution in [-0.4, -0.2) is 18.9 Å². The van der Waals surface area contributed by atoms with Crippen molar-refractivity contribution in [2.45, 2.75) is 38.9 Å². The second-order valence-corrected chi connectivity index (χ2v) is 2.68. The Kier molecular flexibility index (Phi) is 3.36. The van der Waals surface area contributed by atoms with Gasteiger partial charge in [-0.1, -0.05) is 13.3 Å². The molecule has 3 heteroatoms. The number of esters is 1. The normalized spacial score (nSPS) is 23.7. The lowest BCUT2D eigenvalue weighted by Gasteiger charge is -2.08. The summed E-state index contributed by atoms with van der Waals surface area (Å²) < 4.78 is 10.1. The van der Waals surface area contributed by atoms with Crippen LogP contribution in [0.25, 0.3) is 0 Å². The molecule has 0 N–H and O–H groups in total. The molecule has 1 heterocycles. The molecule has 0 aromatic heterocycles. The molecule has 1 fully saturated rings. The van der Waals surface area contributed by atoms with E-state index in [0.29, 0.717) is 13.0 Å². The number of hydrogen-bond donors (Lipinski definition) is 0. The number of ether oxygens (including phenoxy) is 2. The molecule has 0 spiro atoms. The molecule has 0 aromatic rings. The number of hydrogen-bond acceptors (Lipinski definition) is 3. The average Bonchev–Trinajstić information content (AvgIpc) is 2.37. The van der Waals surface area contributed by atoms with E-state index in [4.69, 9.17) is 9.47 Å². The molecule has 1 rings (SSSR count). The van der Waals surface area contributed by atoms with Crippen LogP contribution in [-0.2, 0) is 14.3 Å². The standard InChI is InChI=1S/C8H14O3/c1-2-3-6-10-8-5-4-7(9)11-8/h8H,2-6H2,1H3. The van der Waals surface area contributed by atoms with Crippen molar-refractivity contribution in [3.05, 3.63) is 0 Å². The molecule has 0 aromatic carbocycles. The topological polar surface area (TPSA) is 35.5 Å². The van der Waals surface area contributed by atoms with Crippen molar-refractivity contribution in [3.63, 3.8) is 0 Å². The molecular formula is C8H14O3. The molecule has 1 atom stereocenters. The molecule has 1 unspecified atom stereocenters. The maximum absolute atomic E-state index is 10.6. The summed E-state index contributed by atoms with van der Waals surface area (Å²) in [4.78, 5) is 10.6. The lowest BCUT2D eigenvalue weighted by molar-refractivity contribution is -0.162. The summed E-state index contributed by atoms with van der Waals surface area (Å²) in [7, 11) is 0. The van der Waals surface area contributed by atoms with E-state index in [1.54, 1.807) is 0 Å². The van der Waals surface area contributed by atoms with Gasteiger partial charge in [-0.25, -0.2) is 0 Å². The Labute approximate surface area is 66.7 Å². The van der Waals surface area contributed by atoms with E-state index in [2.05, 4.69) is 6.92 Å². The first-order chi connectivity index (χ1) is 5.33. The summed E-state index contributed by atoms with van der Waals surface area (Å²) in [6.45, 7) is 2.80. The fourth-order valence-electron chi connectivity index (χ4n) is 0.977. The van der Waals surface area contributed by atoms with Gasteiger partial charge < -0.3 is 9.47 Å². The zero-order valence-electron chi connectivity index (χ0n) is 6.84. The van der Waals surface area contributed by atoms with Crippen LogP contribution in [0.15, 0.2) is 0 Å². The van der Waals surface area contributed by atoms with Gasteiger partial charge in [0.25, 0.3) is 0 Å². The van der Waals surface area contributed by atoms with Crippen molar-refractivity contribution in [2.75, 3.05) is 6.61 Å². The summed E-state index contributed by atoms with van der Waals surface area (Å²) in [5.41, 5.74) is 0. The van der Waals surface area contributed by atoms with Crippen LogP contribution in [0.4, 0.5) is 0 Å². The maximum Gasteiger partial charge on any atom is 0.308 e. The second-order valence-electron chi connectivity index (χ2n) is 2.68. The highest BCUT2D eigenvalue weighted by atomic mass is 16.7. The van der Waals surface area contributed by atoms with Crippen molar-refractivity contribution < 1.29 is 14.3 Å². The Morgan fingerprint density at radius 1 is 1.73 bits per heavy atom. The summed E-state index contributed by atoms with van der Waals surface area (Å²) in [5.74, 6) is -0.133. The van der Waals surface area contributed by atoms with Gasteiger partial charge in [0.1, 0.15) is 0 Å². The molecule has 1 saturated heterocycles. The van der Waals surface area contributed by atoms with E-state index in [9.17, 15) is 4.79 Å². The largest absolute Gasteiger partial charge is 0.436 e. The Balaban J connectivity index is 2.04. The molecule has 0 aliphatic carbocycles. The number of cyclic esters (lactones) is 1. The first kappa shape index (κ1) is 8.53. The van der Waals surface area contributed by atoms with Crippen LogP contribution < -0.4 is 0 Å². The highest BCUT2D eigenvalue weighted by Gasteiger charge is 2.23. The molecule has 1 aliphatic rings. The van der Waals surface area contributed by atoms with Gasteiger partial charge >= 0.3 is 5.97 Å². The van der Waals surface area contributed by atoms with E-state index in [-0.39, 0.29) is 12.3 Å². The fraction of sp³-hybridized carbons (Fsp3) is 0.875. The van der Waals surface area contributed by atoms with Crippen LogP contribution in [0.2, 0.25) is 0 Å². The Morgan fingerprint density at radius 2 is 2.55 bits per heavy atom. The quantitative estimate of drug-likeness (QED) is 0.459. The van der Waals surface area contributed by atoms with Crippen molar-refractivity contribution in [1.29, 1.82) is 0 Å². The second kappa shape index (κ2) is 4.34. The summed E-state index contributed by atoms with van der Waals surface area (Å²) in [5, 5.41) is 0. The molecule has 0 saturated carbocycles. The van der Waals surface area contributed by atoms with Gasteiger partial charge in [-0.2, -0.15) is 0 Å². The van der Waals surface area contributed by atoms with Crippen LogP contribution in [0.3, 0.4) is 0 Å². The number of carbonyl (C=O) groups is 1. The van der Waals surface area contributed by atoms with E-state index in [1.165, 1.54) is 0 Å². The smallest absolute Gasteiger partial charge is 0.308 e. The number of carbonyl (C=O) groups excluding carboxylic acids is 1. The lowest BCUT2D eigenvalue weighted by atomic mass is 10.3. The van der Waals surface area contributed by atoms with E-state index in [0.717, 1.165) is 19.3 Å². The highest BCUT2D eigenvalue weighted by Crippen LogP contribution is 2.14. The SMILES string of the molecule is CCCCOC1CCC(=O)O1. The van der Waals surface area contributed by atoms with E-state index >= 15 is 0 Å². The first-order valence-electron chi connectivity index (χ1n) is 4.14. The average molecular weight is 158 g/mol. The molecule has 1 aliphatic heterocycles. The van der Waals surface area contributed by atoms with Gasteiger partial charge in [0, 0.05) is 6.42 Å². The minimum absolute atomic E-state index is 0.133. The van der Waals surface area contributed by atoms with Gasteiger partial charge in [0.15, 0.2) is 0 Å². The Morgan fingerprint density at radius 3 is 3.09 bits per heavy atom. The van der Waals surface area contributed by atoms with Crippen LogP contribution >= 0.6 is 0 Å². The van der Waals surface area contributed by atoms with Gasteiger partial charge in [-0.15, -0.1) is 0 Å². The predicted molar refractivity (Wildman–Crippen MR) is 40.0 cm³/mol. The zero-order chi connectivity index (χ0) is 8.10. The van der Waals surface area contributed by atoms with Gasteiger partial charge in [-0.05, 0) is 6.42 Å². The highest BCUT2D eigenvalue weighted by molar-refractivity contribution is 5.71. The zero-order valence-corrected chi connectivity index (χ0v) is 6.84. The Hall–Kier alpha value is -0.570. The van der Waals surface area contributed by atoms with Crippen molar-refractivity contribution in [1.82, 2.24) is 0 Å². The number of rotatable bonds is 4. The van der Waals surface area contributed by atoms with Gasteiger partial charge in [0.05, 0.1) is 13.0 Å². The molecule has 0 bridgehead atoms. The van der Waals surface area contributed by atoms with Crippen molar-refractivity contribution >= 4 is 5.97 Å². The molecule has 0 radical (unpaired) electrons. The van der Waals surface area contributed by atoms with Crippen molar-refractivity contribution in [3.8, 4) is 0 Å². The van der Waals surface area contributed by atoms with Gasteiger partial charge in [0.2, 0.25) is 6.29 Å². The monoisotopic (exact) mass is 158 g/mol.